The Kier molecular flexibility index (Phi) is 2.13. The number of pyridine rings is 1. The summed E-state index contributed by atoms with van der Waals surface area (Å²) < 4.78 is 0. The van der Waals surface area contributed by atoms with E-state index in [2.05, 4.69) is 23.0 Å². The summed E-state index contributed by atoms with van der Waals surface area (Å²) >= 11 is 1.82. The monoisotopic (exact) mass is 178 g/mol. The van der Waals surface area contributed by atoms with Crippen LogP contribution in [0.2, 0.25) is 0 Å². The minimum Gasteiger partial charge on any atom is -0.274 e. The van der Waals surface area contributed by atoms with Gasteiger partial charge in [-0.1, -0.05) is 6.07 Å². The summed E-state index contributed by atoms with van der Waals surface area (Å²) in [6.07, 6.45) is 3.69. The molecule has 12 heavy (non-hydrogen) atoms. The Labute approximate surface area is 76.1 Å². The van der Waals surface area contributed by atoms with Crippen molar-refractivity contribution < 1.29 is 0 Å². The molecule has 0 N–H and O–H groups in total. The third-order valence-corrected chi connectivity index (χ3v) is 2.86. The van der Waals surface area contributed by atoms with Crippen LogP contribution in [0, 0.1) is 0 Å². The van der Waals surface area contributed by atoms with Gasteiger partial charge in [0.1, 0.15) is 0 Å². The van der Waals surface area contributed by atoms with Gasteiger partial charge in [0.05, 0.1) is 11.1 Å². The van der Waals surface area contributed by atoms with Crippen LogP contribution >= 0.6 is 11.8 Å². The van der Waals surface area contributed by atoms with Crippen LogP contribution in [0.5, 0.6) is 0 Å². The largest absolute Gasteiger partial charge is 0.274 e. The van der Waals surface area contributed by atoms with Gasteiger partial charge in [0.2, 0.25) is 0 Å². The third-order valence-electron chi connectivity index (χ3n) is 1.86. The van der Waals surface area contributed by atoms with Gasteiger partial charge in [0, 0.05) is 18.1 Å². The van der Waals surface area contributed by atoms with Gasteiger partial charge in [0.15, 0.2) is 0 Å². The second kappa shape index (κ2) is 3.27. The molecule has 1 aliphatic rings. The van der Waals surface area contributed by atoms with Gasteiger partial charge in [-0.25, -0.2) is 0 Å². The van der Waals surface area contributed by atoms with E-state index in [9.17, 15) is 0 Å². The van der Waals surface area contributed by atoms with Crippen LogP contribution in [-0.2, 0) is 0 Å². The Morgan fingerprint density at radius 1 is 1.58 bits per heavy atom. The van der Waals surface area contributed by atoms with Crippen molar-refractivity contribution in [2.24, 2.45) is 4.99 Å². The average molecular weight is 178 g/mol. The van der Waals surface area contributed by atoms with E-state index in [1.54, 1.807) is 6.20 Å². The van der Waals surface area contributed by atoms with Crippen LogP contribution < -0.4 is 0 Å². The first-order valence-corrected chi connectivity index (χ1v) is 4.92. The van der Waals surface area contributed by atoms with Gasteiger partial charge < -0.3 is 0 Å². The zero-order valence-corrected chi connectivity index (χ0v) is 7.71. The molecule has 1 aromatic heterocycles. The van der Waals surface area contributed by atoms with E-state index in [0.29, 0.717) is 6.04 Å². The third kappa shape index (κ3) is 1.50. The van der Waals surface area contributed by atoms with Crippen LogP contribution in [0.3, 0.4) is 0 Å². The molecule has 0 aromatic carbocycles. The number of nitrogens with zero attached hydrogens (tertiary/aromatic N) is 2. The fourth-order valence-corrected chi connectivity index (χ4v) is 2.11. The van der Waals surface area contributed by atoms with Crippen LogP contribution in [0.15, 0.2) is 29.5 Å². The number of hydrogen-bond acceptors (Lipinski definition) is 3. The zero-order valence-electron chi connectivity index (χ0n) is 6.90. The molecule has 2 nitrogen and oxygen atoms in total. The Hall–Kier alpha value is -0.830. The van der Waals surface area contributed by atoms with Gasteiger partial charge in [0.25, 0.3) is 0 Å². The number of aliphatic imine (C=N–C) groups is 1. The number of aromatic nitrogens is 1. The molecule has 1 aromatic rings. The second-order valence-corrected chi connectivity index (χ2v) is 3.97. The molecule has 0 saturated heterocycles. The number of hydrogen-bond donors (Lipinski definition) is 0. The molecule has 0 spiro atoms. The predicted molar refractivity (Wildman–Crippen MR) is 52.5 cm³/mol. The van der Waals surface area contributed by atoms with E-state index in [-0.39, 0.29) is 0 Å². The molecule has 62 valence electrons. The van der Waals surface area contributed by atoms with Crippen molar-refractivity contribution in [3.8, 4) is 0 Å². The molecular weight excluding hydrogens is 168 g/mol. The van der Waals surface area contributed by atoms with E-state index in [4.69, 9.17) is 0 Å². The van der Waals surface area contributed by atoms with Crippen LogP contribution in [0.1, 0.15) is 18.5 Å². The molecule has 0 radical (unpaired) electrons. The van der Waals surface area contributed by atoms with Gasteiger partial charge in [-0.3, -0.25) is 9.98 Å². The molecular formula is C9H10N2S. The lowest BCUT2D eigenvalue weighted by molar-refractivity contribution is 0.841. The molecule has 1 atom stereocenters. The van der Waals surface area contributed by atoms with Crippen LogP contribution in [0.25, 0.3) is 0 Å². The van der Waals surface area contributed by atoms with Gasteiger partial charge >= 0.3 is 0 Å². The molecule has 2 heterocycles. The van der Waals surface area contributed by atoms with Gasteiger partial charge in [-0.15, -0.1) is 11.8 Å². The maximum absolute atomic E-state index is 4.50. The quantitative estimate of drug-likeness (QED) is 0.659. The molecule has 1 aliphatic heterocycles. The Morgan fingerprint density at radius 2 is 2.50 bits per heavy atom. The van der Waals surface area contributed by atoms with E-state index in [1.165, 1.54) is 10.6 Å². The zero-order chi connectivity index (χ0) is 8.39. The Bertz CT molecular complexity index is 295. The normalized spacial score (nSPS) is 22.4. The first-order valence-electron chi connectivity index (χ1n) is 3.93. The first kappa shape index (κ1) is 7.80. The lowest BCUT2D eigenvalue weighted by Gasteiger charge is -2.03. The summed E-state index contributed by atoms with van der Waals surface area (Å²) in [6.45, 7) is 2.06. The minimum absolute atomic E-state index is 0.337. The number of rotatable bonds is 1. The lowest BCUT2D eigenvalue weighted by Crippen LogP contribution is -1.93. The maximum Gasteiger partial charge on any atom is 0.0867 e. The molecule has 1 unspecified atom stereocenters. The van der Waals surface area contributed by atoms with Crippen molar-refractivity contribution in [1.82, 2.24) is 4.98 Å². The highest BCUT2D eigenvalue weighted by atomic mass is 32.2. The highest BCUT2D eigenvalue weighted by Crippen LogP contribution is 2.29. The average Bonchev–Trinajstić information content (AvgIpc) is 2.54. The van der Waals surface area contributed by atoms with Crippen molar-refractivity contribution in [3.63, 3.8) is 0 Å². The molecule has 0 aliphatic carbocycles. The number of thioether (sulfide) groups is 1. The summed E-state index contributed by atoms with van der Waals surface area (Å²) in [6, 6.07) is 4.38. The molecule has 2 rings (SSSR count). The summed E-state index contributed by atoms with van der Waals surface area (Å²) in [5, 5.41) is 1.18. The molecule has 0 fully saturated rings. The summed E-state index contributed by atoms with van der Waals surface area (Å²) in [5.74, 6) is 1.07. The van der Waals surface area contributed by atoms with Crippen molar-refractivity contribution in [2.45, 2.75) is 13.0 Å². The van der Waals surface area contributed by atoms with Gasteiger partial charge in [-0.2, -0.15) is 0 Å². The summed E-state index contributed by atoms with van der Waals surface area (Å²) in [5.41, 5.74) is 1.22. The molecule has 0 saturated carbocycles. The van der Waals surface area contributed by atoms with E-state index in [1.807, 2.05) is 24.0 Å². The predicted octanol–water partition coefficient (Wildman–Crippen LogP) is 2.29. The smallest absolute Gasteiger partial charge is 0.0867 e. The van der Waals surface area contributed by atoms with E-state index in [0.717, 1.165) is 5.75 Å². The highest BCUT2D eigenvalue weighted by molar-refractivity contribution is 8.14. The second-order valence-electron chi connectivity index (χ2n) is 2.76. The SMILES string of the molecule is CC1=NC(c2cccnc2)CS1. The first-order chi connectivity index (χ1) is 5.86. The fourth-order valence-electron chi connectivity index (χ4n) is 1.24. The van der Waals surface area contributed by atoms with Crippen LogP contribution in [0.4, 0.5) is 0 Å². The summed E-state index contributed by atoms with van der Waals surface area (Å²) in [7, 11) is 0. The Balaban J connectivity index is 2.22. The van der Waals surface area contributed by atoms with Crippen molar-refractivity contribution in [1.29, 1.82) is 0 Å². The Morgan fingerprint density at radius 3 is 3.08 bits per heavy atom. The van der Waals surface area contributed by atoms with Crippen LogP contribution in [-0.4, -0.2) is 15.8 Å². The van der Waals surface area contributed by atoms with Crippen molar-refractivity contribution in [3.05, 3.63) is 30.1 Å². The molecule has 3 heteroatoms. The fraction of sp³-hybridized carbons (Fsp3) is 0.333. The highest BCUT2D eigenvalue weighted by Gasteiger charge is 2.16. The van der Waals surface area contributed by atoms with Gasteiger partial charge in [-0.05, 0) is 18.6 Å². The maximum atomic E-state index is 4.50. The molecule has 0 amide bonds. The van der Waals surface area contributed by atoms with Crippen molar-refractivity contribution >= 4 is 16.8 Å². The molecule has 0 bridgehead atoms. The minimum atomic E-state index is 0.337. The lowest BCUT2D eigenvalue weighted by atomic mass is 10.1. The standard InChI is InChI=1S/C9H10N2S/c1-7-11-9(6-12-7)8-3-2-4-10-5-8/h2-5,9H,6H2,1H3. The van der Waals surface area contributed by atoms with Crippen molar-refractivity contribution in [2.75, 3.05) is 5.75 Å². The summed E-state index contributed by atoms with van der Waals surface area (Å²) in [4.78, 5) is 8.57. The topological polar surface area (TPSA) is 25.2 Å². The van der Waals surface area contributed by atoms with E-state index < -0.39 is 0 Å². The van der Waals surface area contributed by atoms with E-state index >= 15 is 0 Å².